The predicted molar refractivity (Wildman–Crippen MR) is 81.2 cm³/mol. The van der Waals surface area contributed by atoms with Crippen LogP contribution in [0.3, 0.4) is 0 Å². The van der Waals surface area contributed by atoms with Gasteiger partial charge in [0, 0.05) is 26.2 Å². The van der Waals surface area contributed by atoms with Gasteiger partial charge in [-0.3, -0.25) is 9.69 Å². The zero-order valence-electron chi connectivity index (χ0n) is 12.7. The first-order chi connectivity index (χ1) is 10.7. The van der Waals surface area contributed by atoms with Gasteiger partial charge in [0.25, 0.3) is 0 Å². The van der Waals surface area contributed by atoms with E-state index in [1.165, 1.54) is 0 Å². The lowest BCUT2D eigenvalue weighted by atomic mass is 10.1. The molecule has 2 fully saturated rings. The van der Waals surface area contributed by atoms with Crippen LogP contribution in [-0.4, -0.2) is 60.1 Å². The third-order valence-electron chi connectivity index (χ3n) is 4.31. The average Bonchev–Trinajstić information content (AvgIpc) is 2.57. The molecule has 1 N–H and O–H groups in total. The Labute approximate surface area is 130 Å². The van der Waals surface area contributed by atoms with E-state index < -0.39 is 12.1 Å². The number of amides is 2. The molecule has 6 nitrogen and oxygen atoms in total. The SMILES string of the molecule is CC1C(=O)N2CCNCC2CN1C(=O)OCc1ccccc1. The first kappa shape index (κ1) is 14.8. The van der Waals surface area contributed by atoms with Gasteiger partial charge in [-0.1, -0.05) is 30.3 Å². The number of carbonyl (C=O) groups excluding carboxylic acids is 2. The number of rotatable bonds is 2. The van der Waals surface area contributed by atoms with Gasteiger partial charge in [0.05, 0.1) is 6.04 Å². The fourth-order valence-electron chi connectivity index (χ4n) is 3.01. The minimum Gasteiger partial charge on any atom is -0.445 e. The van der Waals surface area contributed by atoms with Crippen molar-refractivity contribution in [3.8, 4) is 0 Å². The number of piperazine rings is 2. The van der Waals surface area contributed by atoms with Gasteiger partial charge in [-0.15, -0.1) is 0 Å². The van der Waals surface area contributed by atoms with E-state index in [-0.39, 0.29) is 18.6 Å². The highest BCUT2D eigenvalue weighted by Crippen LogP contribution is 2.19. The Morgan fingerprint density at radius 2 is 2.14 bits per heavy atom. The molecule has 0 aliphatic carbocycles. The molecule has 0 radical (unpaired) electrons. The summed E-state index contributed by atoms with van der Waals surface area (Å²) >= 11 is 0. The Bertz CT molecular complexity index is 549. The van der Waals surface area contributed by atoms with E-state index >= 15 is 0 Å². The maximum absolute atomic E-state index is 12.4. The summed E-state index contributed by atoms with van der Waals surface area (Å²) in [4.78, 5) is 28.1. The Hall–Kier alpha value is -2.08. The Balaban J connectivity index is 1.63. The van der Waals surface area contributed by atoms with Gasteiger partial charge in [-0.05, 0) is 12.5 Å². The predicted octanol–water partition coefficient (Wildman–Crippen LogP) is 0.828. The number of carbonyl (C=O) groups is 2. The zero-order chi connectivity index (χ0) is 15.5. The Morgan fingerprint density at radius 3 is 2.91 bits per heavy atom. The van der Waals surface area contributed by atoms with Crippen LogP contribution >= 0.6 is 0 Å². The molecule has 2 heterocycles. The molecule has 22 heavy (non-hydrogen) atoms. The molecule has 118 valence electrons. The number of fused-ring (bicyclic) bond motifs is 1. The van der Waals surface area contributed by atoms with Gasteiger partial charge in [0.15, 0.2) is 0 Å². The van der Waals surface area contributed by atoms with E-state index in [0.717, 1.165) is 18.7 Å². The Morgan fingerprint density at radius 1 is 1.36 bits per heavy atom. The summed E-state index contributed by atoms with van der Waals surface area (Å²) in [5.74, 6) is 0.00871. The zero-order valence-corrected chi connectivity index (χ0v) is 12.7. The fourth-order valence-corrected chi connectivity index (χ4v) is 3.01. The molecule has 2 amide bonds. The molecule has 2 unspecified atom stereocenters. The first-order valence-electron chi connectivity index (χ1n) is 7.65. The quantitative estimate of drug-likeness (QED) is 0.879. The van der Waals surface area contributed by atoms with Crippen LogP contribution in [0.5, 0.6) is 0 Å². The molecule has 1 aromatic rings. The van der Waals surface area contributed by atoms with E-state index in [1.54, 1.807) is 11.8 Å². The molecule has 2 aliphatic rings. The average molecular weight is 303 g/mol. The summed E-state index contributed by atoms with van der Waals surface area (Å²) < 4.78 is 5.36. The molecule has 0 bridgehead atoms. The Kier molecular flexibility index (Phi) is 4.29. The van der Waals surface area contributed by atoms with Gasteiger partial charge >= 0.3 is 6.09 Å². The minimum absolute atomic E-state index is 0.00871. The summed E-state index contributed by atoms with van der Waals surface area (Å²) in [5, 5.41) is 3.26. The molecule has 0 saturated carbocycles. The third kappa shape index (κ3) is 2.92. The molecular weight excluding hydrogens is 282 g/mol. The van der Waals surface area contributed by atoms with Crippen LogP contribution in [0, 0.1) is 0 Å². The van der Waals surface area contributed by atoms with Crippen LogP contribution in [0.4, 0.5) is 4.79 Å². The van der Waals surface area contributed by atoms with Crippen molar-refractivity contribution in [2.45, 2.75) is 25.6 Å². The van der Waals surface area contributed by atoms with Crippen molar-refractivity contribution in [3.05, 3.63) is 35.9 Å². The number of ether oxygens (including phenoxy) is 1. The van der Waals surface area contributed by atoms with E-state index in [1.807, 2.05) is 35.2 Å². The van der Waals surface area contributed by atoms with E-state index in [4.69, 9.17) is 4.74 Å². The van der Waals surface area contributed by atoms with Crippen molar-refractivity contribution in [3.63, 3.8) is 0 Å². The highest BCUT2D eigenvalue weighted by molar-refractivity contribution is 5.87. The monoisotopic (exact) mass is 303 g/mol. The van der Waals surface area contributed by atoms with Crippen LogP contribution in [0.15, 0.2) is 30.3 Å². The van der Waals surface area contributed by atoms with Crippen LogP contribution in [0.25, 0.3) is 0 Å². The van der Waals surface area contributed by atoms with Gasteiger partial charge in [0.1, 0.15) is 12.6 Å². The van der Waals surface area contributed by atoms with E-state index in [0.29, 0.717) is 13.1 Å². The second-order valence-electron chi connectivity index (χ2n) is 5.76. The fraction of sp³-hybridized carbons (Fsp3) is 0.500. The van der Waals surface area contributed by atoms with Gasteiger partial charge in [-0.25, -0.2) is 4.79 Å². The summed E-state index contributed by atoms with van der Waals surface area (Å²) in [6.07, 6.45) is -0.421. The minimum atomic E-state index is -0.461. The van der Waals surface area contributed by atoms with Crippen LogP contribution in [0.1, 0.15) is 12.5 Å². The number of nitrogens with one attached hydrogen (secondary N) is 1. The van der Waals surface area contributed by atoms with Crippen molar-refractivity contribution in [1.29, 1.82) is 0 Å². The number of benzene rings is 1. The molecule has 2 saturated heterocycles. The highest BCUT2D eigenvalue weighted by Gasteiger charge is 2.41. The van der Waals surface area contributed by atoms with Crippen LogP contribution in [0.2, 0.25) is 0 Å². The van der Waals surface area contributed by atoms with Gasteiger partial charge in [0.2, 0.25) is 5.91 Å². The lowest BCUT2D eigenvalue weighted by Crippen LogP contribution is -2.67. The summed E-state index contributed by atoms with van der Waals surface area (Å²) in [5.41, 5.74) is 0.938. The van der Waals surface area contributed by atoms with Crippen molar-refractivity contribution in [2.24, 2.45) is 0 Å². The standard InChI is InChI=1S/C16H21N3O3/c1-12-15(20)18-8-7-17-9-14(18)10-19(12)16(21)22-11-13-5-3-2-4-6-13/h2-6,12,14,17H,7-11H2,1H3. The molecule has 6 heteroatoms. The maximum Gasteiger partial charge on any atom is 0.410 e. The number of nitrogens with zero attached hydrogens (tertiary/aromatic N) is 2. The van der Waals surface area contributed by atoms with Crippen molar-refractivity contribution < 1.29 is 14.3 Å². The van der Waals surface area contributed by atoms with Crippen molar-refractivity contribution in [2.75, 3.05) is 26.2 Å². The molecule has 1 aromatic carbocycles. The molecule has 2 aliphatic heterocycles. The lowest BCUT2D eigenvalue weighted by Gasteiger charge is -2.46. The van der Waals surface area contributed by atoms with E-state index in [2.05, 4.69) is 5.32 Å². The third-order valence-corrected chi connectivity index (χ3v) is 4.31. The molecule has 0 spiro atoms. The molecule has 2 atom stereocenters. The van der Waals surface area contributed by atoms with Crippen LogP contribution in [-0.2, 0) is 16.1 Å². The van der Waals surface area contributed by atoms with Crippen molar-refractivity contribution >= 4 is 12.0 Å². The normalized spacial score (nSPS) is 24.9. The molecule has 3 rings (SSSR count). The van der Waals surface area contributed by atoms with Gasteiger partial charge < -0.3 is 15.0 Å². The lowest BCUT2D eigenvalue weighted by molar-refractivity contribution is -0.145. The van der Waals surface area contributed by atoms with Crippen LogP contribution < -0.4 is 5.32 Å². The first-order valence-corrected chi connectivity index (χ1v) is 7.65. The summed E-state index contributed by atoms with van der Waals surface area (Å²) in [6, 6.07) is 9.13. The summed E-state index contributed by atoms with van der Waals surface area (Å²) in [6.45, 7) is 4.76. The molecule has 0 aromatic heterocycles. The second-order valence-corrected chi connectivity index (χ2v) is 5.76. The smallest absolute Gasteiger partial charge is 0.410 e. The highest BCUT2D eigenvalue weighted by atomic mass is 16.6. The van der Waals surface area contributed by atoms with Crippen molar-refractivity contribution in [1.82, 2.24) is 15.1 Å². The number of hydrogen-bond donors (Lipinski definition) is 1. The topological polar surface area (TPSA) is 61.9 Å². The largest absolute Gasteiger partial charge is 0.445 e. The van der Waals surface area contributed by atoms with Gasteiger partial charge in [-0.2, -0.15) is 0 Å². The number of hydrogen-bond acceptors (Lipinski definition) is 4. The maximum atomic E-state index is 12.4. The van der Waals surface area contributed by atoms with E-state index in [9.17, 15) is 9.59 Å². The molecular formula is C16H21N3O3. The summed E-state index contributed by atoms with van der Waals surface area (Å²) in [7, 11) is 0. The second kappa shape index (κ2) is 6.36.